The average molecular weight is 244 g/mol. The zero-order valence-electron chi connectivity index (χ0n) is 10.6. The van der Waals surface area contributed by atoms with Gasteiger partial charge in [-0.25, -0.2) is 4.98 Å². The highest BCUT2D eigenvalue weighted by atomic mass is 16.5. The minimum absolute atomic E-state index is 0.575. The number of ether oxygens (including phenoxy) is 1. The molecule has 0 radical (unpaired) electrons. The summed E-state index contributed by atoms with van der Waals surface area (Å²) in [5.74, 6) is 2.05. The standard InChI is InChI=1S/C13H16N4O/c1-10-16-12(8-13(17-10)18-2)15-7-5-11-4-3-6-14-9-11/h3-4,6,8-9H,5,7H2,1-2H3,(H,15,16,17). The van der Waals surface area contributed by atoms with E-state index in [2.05, 4.69) is 26.3 Å². The Morgan fingerprint density at radius 2 is 2.22 bits per heavy atom. The Kier molecular flexibility index (Phi) is 4.06. The summed E-state index contributed by atoms with van der Waals surface area (Å²) in [5.41, 5.74) is 1.20. The molecule has 0 fully saturated rings. The number of hydrogen-bond donors (Lipinski definition) is 1. The van der Waals surface area contributed by atoms with Crippen LogP contribution in [0.4, 0.5) is 5.82 Å². The Hall–Kier alpha value is -2.17. The van der Waals surface area contributed by atoms with Crippen molar-refractivity contribution in [3.05, 3.63) is 42.0 Å². The molecular formula is C13H16N4O. The van der Waals surface area contributed by atoms with Gasteiger partial charge in [-0.2, -0.15) is 4.98 Å². The predicted octanol–water partition coefficient (Wildman–Crippen LogP) is 1.84. The zero-order chi connectivity index (χ0) is 12.8. The Labute approximate surface area is 106 Å². The van der Waals surface area contributed by atoms with E-state index in [4.69, 9.17) is 4.74 Å². The van der Waals surface area contributed by atoms with Crippen molar-refractivity contribution in [1.82, 2.24) is 15.0 Å². The van der Waals surface area contributed by atoms with Crippen LogP contribution in [0.1, 0.15) is 11.4 Å². The Bertz CT molecular complexity index is 502. The van der Waals surface area contributed by atoms with E-state index in [-0.39, 0.29) is 0 Å². The maximum atomic E-state index is 5.10. The fourth-order valence-electron chi connectivity index (χ4n) is 1.62. The van der Waals surface area contributed by atoms with Gasteiger partial charge in [-0.15, -0.1) is 0 Å². The fourth-order valence-corrected chi connectivity index (χ4v) is 1.62. The number of nitrogens with zero attached hydrogens (tertiary/aromatic N) is 3. The zero-order valence-corrected chi connectivity index (χ0v) is 10.6. The minimum atomic E-state index is 0.575. The van der Waals surface area contributed by atoms with E-state index < -0.39 is 0 Å². The quantitative estimate of drug-likeness (QED) is 0.869. The first-order chi connectivity index (χ1) is 8.78. The third-order valence-corrected chi connectivity index (χ3v) is 2.47. The molecule has 0 saturated heterocycles. The van der Waals surface area contributed by atoms with Crippen molar-refractivity contribution >= 4 is 5.82 Å². The molecule has 2 aromatic rings. The highest BCUT2D eigenvalue weighted by Gasteiger charge is 2.01. The van der Waals surface area contributed by atoms with Crippen LogP contribution >= 0.6 is 0 Å². The van der Waals surface area contributed by atoms with Gasteiger partial charge in [0.2, 0.25) is 5.88 Å². The van der Waals surface area contributed by atoms with Crippen LogP contribution in [-0.2, 0) is 6.42 Å². The number of hydrogen-bond acceptors (Lipinski definition) is 5. The molecule has 2 heterocycles. The van der Waals surface area contributed by atoms with E-state index in [1.54, 1.807) is 19.4 Å². The van der Waals surface area contributed by atoms with Gasteiger partial charge in [-0.3, -0.25) is 4.98 Å². The lowest BCUT2D eigenvalue weighted by molar-refractivity contribution is 0.396. The molecule has 0 aromatic carbocycles. The molecule has 5 heteroatoms. The first-order valence-electron chi connectivity index (χ1n) is 5.80. The van der Waals surface area contributed by atoms with Gasteiger partial charge in [-0.05, 0) is 25.0 Å². The second kappa shape index (κ2) is 5.95. The molecule has 2 aromatic heterocycles. The first-order valence-corrected chi connectivity index (χ1v) is 5.80. The highest BCUT2D eigenvalue weighted by Crippen LogP contribution is 2.12. The SMILES string of the molecule is COc1cc(NCCc2cccnc2)nc(C)n1. The molecule has 2 rings (SSSR count). The molecule has 94 valence electrons. The van der Waals surface area contributed by atoms with E-state index in [0.29, 0.717) is 11.7 Å². The van der Waals surface area contributed by atoms with E-state index in [1.165, 1.54) is 5.56 Å². The Balaban J connectivity index is 1.92. The molecule has 0 aliphatic rings. The lowest BCUT2D eigenvalue weighted by Crippen LogP contribution is -2.08. The number of rotatable bonds is 5. The first kappa shape index (κ1) is 12.3. The molecule has 5 nitrogen and oxygen atoms in total. The van der Waals surface area contributed by atoms with Crippen LogP contribution < -0.4 is 10.1 Å². The van der Waals surface area contributed by atoms with Gasteiger partial charge in [0.1, 0.15) is 11.6 Å². The Morgan fingerprint density at radius 3 is 2.94 bits per heavy atom. The number of aromatic nitrogens is 3. The molecule has 1 N–H and O–H groups in total. The van der Waals surface area contributed by atoms with E-state index in [9.17, 15) is 0 Å². The molecule has 18 heavy (non-hydrogen) atoms. The number of methoxy groups -OCH3 is 1. The van der Waals surface area contributed by atoms with Gasteiger partial charge in [0, 0.05) is 25.0 Å². The van der Waals surface area contributed by atoms with Crippen molar-refractivity contribution in [3.8, 4) is 5.88 Å². The summed E-state index contributed by atoms with van der Waals surface area (Å²) in [4.78, 5) is 12.5. The van der Waals surface area contributed by atoms with Crippen LogP contribution in [0.25, 0.3) is 0 Å². The summed E-state index contributed by atoms with van der Waals surface area (Å²) >= 11 is 0. The summed E-state index contributed by atoms with van der Waals surface area (Å²) < 4.78 is 5.10. The highest BCUT2D eigenvalue weighted by molar-refractivity contribution is 5.38. The second-order valence-corrected chi connectivity index (χ2v) is 3.88. The van der Waals surface area contributed by atoms with Crippen molar-refractivity contribution in [2.45, 2.75) is 13.3 Å². The normalized spacial score (nSPS) is 10.1. The van der Waals surface area contributed by atoms with Crippen molar-refractivity contribution < 1.29 is 4.74 Å². The maximum Gasteiger partial charge on any atom is 0.218 e. The largest absolute Gasteiger partial charge is 0.481 e. The predicted molar refractivity (Wildman–Crippen MR) is 69.8 cm³/mol. The van der Waals surface area contributed by atoms with E-state index >= 15 is 0 Å². The van der Waals surface area contributed by atoms with Crippen molar-refractivity contribution in [1.29, 1.82) is 0 Å². The molecule has 0 spiro atoms. The monoisotopic (exact) mass is 244 g/mol. The van der Waals surface area contributed by atoms with Crippen LogP contribution in [0.2, 0.25) is 0 Å². The lowest BCUT2D eigenvalue weighted by atomic mass is 10.2. The summed E-state index contributed by atoms with van der Waals surface area (Å²) in [6.45, 7) is 2.64. The summed E-state index contributed by atoms with van der Waals surface area (Å²) in [6, 6.07) is 5.78. The van der Waals surface area contributed by atoms with Gasteiger partial charge in [0.05, 0.1) is 7.11 Å². The number of aryl methyl sites for hydroxylation is 1. The summed E-state index contributed by atoms with van der Waals surface area (Å²) in [7, 11) is 1.60. The summed E-state index contributed by atoms with van der Waals surface area (Å²) in [5, 5.41) is 3.25. The van der Waals surface area contributed by atoms with Gasteiger partial charge < -0.3 is 10.1 Å². The maximum absolute atomic E-state index is 5.10. The summed E-state index contributed by atoms with van der Waals surface area (Å²) in [6.07, 6.45) is 4.54. The smallest absolute Gasteiger partial charge is 0.218 e. The van der Waals surface area contributed by atoms with Gasteiger partial charge in [0.15, 0.2) is 0 Å². The lowest BCUT2D eigenvalue weighted by Gasteiger charge is -2.07. The minimum Gasteiger partial charge on any atom is -0.481 e. The number of anilines is 1. The third kappa shape index (κ3) is 3.41. The van der Waals surface area contributed by atoms with Crippen molar-refractivity contribution in [2.75, 3.05) is 19.0 Å². The Morgan fingerprint density at radius 1 is 1.33 bits per heavy atom. The van der Waals surface area contributed by atoms with Gasteiger partial charge in [0.25, 0.3) is 0 Å². The van der Waals surface area contributed by atoms with Crippen LogP contribution in [0.3, 0.4) is 0 Å². The molecule has 0 atom stereocenters. The molecule has 0 bridgehead atoms. The van der Waals surface area contributed by atoms with E-state index in [1.807, 2.05) is 19.2 Å². The molecular weight excluding hydrogens is 228 g/mol. The average Bonchev–Trinajstić information content (AvgIpc) is 2.39. The van der Waals surface area contributed by atoms with Crippen LogP contribution in [0.15, 0.2) is 30.6 Å². The number of nitrogens with one attached hydrogen (secondary N) is 1. The van der Waals surface area contributed by atoms with Crippen molar-refractivity contribution in [2.24, 2.45) is 0 Å². The number of pyridine rings is 1. The van der Waals surface area contributed by atoms with Crippen molar-refractivity contribution in [3.63, 3.8) is 0 Å². The van der Waals surface area contributed by atoms with Gasteiger partial charge in [-0.1, -0.05) is 6.07 Å². The van der Waals surface area contributed by atoms with Crippen LogP contribution in [0, 0.1) is 6.92 Å². The molecule has 0 aliphatic carbocycles. The fraction of sp³-hybridized carbons (Fsp3) is 0.308. The van der Waals surface area contributed by atoms with Gasteiger partial charge >= 0.3 is 0 Å². The molecule has 0 saturated carbocycles. The van der Waals surface area contributed by atoms with Crippen LogP contribution in [-0.4, -0.2) is 28.6 Å². The van der Waals surface area contributed by atoms with E-state index in [0.717, 1.165) is 18.8 Å². The molecule has 0 aliphatic heterocycles. The van der Waals surface area contributed by atoms with Crippen LogP contribution in [0.5, 0.6) is 5.88 Å². The third-order valence-electron chi connectivity index (χ3n) is 2.47. The molecule has 0 unspecified atom stereocenters. The second-order valence-electron chi connectivity index (χ2n) is 3.88. The molecule has 0 amide bonds. The topological polar surface area (TPSA) is 59.9 Å².